The Balaban J connectivity index is 1.99. The molecule has 1 aromatic rings. The van der Waals surface area contributed by atoms with E-state index in [1.165, 1.54) is 19.3 Å². The fourth-order valence-corrected chi connectivity index (χ4v) is 2.66. The van der Waals surface area contributed by atoms with Crippen molar-refractivity contribution in [1.29, 1.82) is 0 Å². The summed E-state index contributed by atoms with van der Waals surface area (Å²) < 4.78 is 0. The molecule has 0 atom stereocenters. The van der Waals surface area contributed by atoms with Crippen molar-refractivity contribution >= 4 is 11.6 Å². The second-order valence-corrected chi connectivity index (χ2v) is 5.26. The van der Waals surface area contributed by atoms with Gasteiger partial charge in [0, 0.05) is 18.2 Å². The van der Waals surface area contributed by atoms with Gasteiger partial charge in [-0.15, -0.1) is 0 Å². The second-order valence-electron chi connectivity index (χ2n) is 5.26. The summed E-state index contributed by atoms with van der Waals surface area (Å²) in [4.78, 5) is 12.3. The van der Waals surface area contributed by atoms with E-state index in [1.807, 2.05) is 18.2 Å². The maximum absolute atomic E-state index is 12.3. The molecule has 1 aliphatic carbocycles. The monoisotopic (exact) mass is 260 g/mol. The van der Waals surface area contributed by atoms with Crippen LogP contribution < -0.4 is 10.6 Å². The van der Waals surface area contributed by atoms with Crippen LogP contribution in [0.5, 0.6) is 0 Å². The molecule has 0 spiro atoms. The summed E-state index contributed by atoms with van der Waals surface area (Å²) in [5, 5.41) is 6.42. The highest BCUT2D eigenvalue weighted by Crippen LogP contribution is 2.25. The Morgan fingerprint density at radius 3 is 2.68 bits per heavy atom. The lowest BCUT2D eigenvalue weighted by molar-refractivity contribution is -0.120. The maximum Gasteiger partial charge on any atom is 0.227 e. The summed E-state index contributed by atoms with van der Waals surface area (Å²) in [6.07, 6.45) is 5.75. The van der Waals surface area contributed by atoms with Crippen LogP contribution in [0.1, 0.15) is 44.6 Å². The second kappa shape index (κ2) is 7.29. The van der Waals surface area contributed by atoms with Crippen LogP contribution in [0.25, 0.3) is 0 Å². The van der Waals surface area contributed by atoms with Crippen molar-refractivity contribution in [3.05, 3.63) is 29.8 Å². The Morgan fingerprint density at radius 1 is 1.21 bits per heavy atom. The molecule has 19 heavy (non-hydrogen) atoms. The minimum atomic E-state index is 0.198. The van der Waals surface area contributed by atoms with Crippen LogP contribution in [0.2, 0.25) is 0 Å². The molecule has 2 N–H and O–H groups in total. The Kier molecular flexibility index (Phi) is 5.40. The van der Waals surface area contributed by atoms with Crippen LogP contribution in [0.15, 0.2) is 24.3 Å². The molecule has 1 saturated carbocycles. The largest absolute Gasteiger partial charge is 0.326 e. The van der Waals surface area contributed by atoms with E-state index in [4.69, 9.17) is 0 Å². The van der Waals surface area contributed by atoms with Crippen LogP contribution in [-0.2, 0) is 11.3 Å². The van der Waals surface area contributed by atoms with E-state index in [-0.39, 0.29) is 11.8 Å². The minimum Gasteiger partial charge on any atom is -0.326 e. The van der Waals surface area contributed by atoms with Gasteiger partial charge in [-0.1, -0.05) is 44.4 Å². The Morgan fingerprint density at radius 2 is 1.95 bits per heavy atom. The molecule has 1 amide bonds. The number of hydrogen-bond acceptors (Lipinski definition) is 2. The fraction of sp³-hybridized carbons (Fsp3) is 0.562. The van der Waals surface area contributed by atoms with Gasteiger partial charge in [-0.05, 0) is 31.0 Å². The molecule has 3 nitrogen and oxygen atoms in total. The topological polar surface area (TPSA) is 41.1 Å². The average Bonchev–Trinajstić information content (AvgIpc) is 2.47. The lowest BCUT2D eigenvalue weighted by Crippen LogP contribution is -2.25. The van der Waals surface area contributed by atoms with E-state index in [0.717, 1.165) is 37.2 Å². The third kappa shape index (κ3) is 4.06. The molecule has 104 valence electrons. The molecule has 1 aliphatic rings. The number of nitrogens with one attached hydrogen (secondary N) is 2. The highest BCUT2D eigenvalue weighted by molar-refractivity contribution is 5.93. The van der Waals surface area contributed by atoms with Crippen molar-refractivity contribution < 1.29 is 4.79 Å². The van der Waals surface area contributed by atoms with Crippen LogP contribution >= 0.6 is 0 Å². The van der Waals surface area contributed by atoms with Gasteiger partial charge in [0.2, 0.25) is 5.91 Å². The van der Waals surface area contributed by atoms with Gasteiger partial charge in [0.25, 0.3) is 0 Å². The SMILES string of the molecule is CCNCc1ccccc1NC(=O)C1CCCCC1. The van der Waals surface area contributed by atoms with E-state index >= 15 is 0 Å². The summed E-state index contributed by atoms with van der Waals surface area (Å²) in [5.41, 5.74) is 2.12. The van der Waals surface area contributed by atoms with Crippen molar-refractivity contribution in [2.24, 2.45) is 5.92 Å². The van der Waals surface area contributed by atoms with Gasteiger partial charge in [-0.2, -0.15) is 0 Å². The number of carbonyl (C=O) groups is 1. The number of benzene rings is 1. The van der Waals surface area contributed by atoms with Gasteiger partial charge in [-0.3, -0.25) is 4.79 Å². The fourth-order valence-electron chi connectivity index (χ4n) is 2.66. The first-order valence-corrected chi connectivity index (χ1v) is 7.40. The maximum atomic E-state index is 12.3. The van der Waals surface area contributed by atoms with Gasteiger partial charge in [-0.25, -0.2) is 0 Å². The number of rotatable bonds is 5. The number of para-hydroxylation sites is 1. The lowest BCUT2D eigenvalue weighted by atomic mass is 9.88. The van der Waals surface area contributed by atoms with Crippen LogP contribution in [0.4, 0.5) is 5.69 Å². The molecule has 3 heteroatoms. The summed E-state index contributed by atoms with van der Waals surface area (Å²) in [5.74, 6) is 0.407. The molecule has 1 aromatic carbocycles. The number of carbonyl (C=O) groups excluding carboxylic acids is 1. The van der Waals surface area contributed by atoms with Gasteiger partial charge in [0.05, 0.1) is 0 Å². The first-order valence-electron chi connectivity index (χ1n) is 7.40. The van der Waals surface area contributed by atoms with Gasteiger partial charge >= 0.3 is 0 Å². The summed E-state index contributed by atoms with van der Waals surface area (Å²) in [6.45, 7) is 3.83. The summed E-state index contributed by atoms with van der Waals surface area (Å²) >= 11 is 0. The van der Waals surface area contributed by atoms with Crippen molar-refractivity contribution in [2.75, 3.05) is 11.9 Å². The van der Waals surface area contributed by atoms with Crippen molar-refractivity contribution in [2.45, 2.75) is 45.6 Å². The Labute approximate surface area is 115 Å². The first-order chi connectivity index (χ1) is 9.31. The van der Waals surface area contributed by atoms with Gasteiger partial charge < -0.3 is 10.6 Å². The molecule has 0 radical (unpaired) electrons. The standard InChI is InChI=1S/C16H24N2O/c1-2-17-12-14-10-6-7-11-15(14)18-16(19)13-8-4-3-5-9-13/h6-7,10-11,13,17H,2-5,8-9,12H2,1H3,(H,18,19). The third-order valence-corrected chi connectivity index (χ3v) is 3.82. The molecule has 2 rings (SSSR count). The van der Waals surface area contributed by atoms with Crippen molar-refractivity contribution in [3.8, 4) is 0 Å². The number of hydrogen-bond donors (Lipinski definition) is 2. The quantitative estimate of drug-likeness (QED) is 0.852. The molecule has 0 bridgehead atoms. The first kappa shape index (κ1) is 14.1. The zero-order valence-electron chi connectivity index (χ0n) is 11.7. The molecular formula is C16H24N2O. The van der Waals surface area contributed by atoms with E-state index in [1.54, 1.807) is 0 Å². The molecule has 0 unspecified atom stereocenters. The smallest absolute Gasteiger partial charge is 0.227 e. The van der Waals surface area contributed by atoms with Crippen molar-refractivity contribution in [1.82, 2.24) is 5.32 Å². The molecule has 1 fully saturated rings. The predicted molar refractivity (Wildman–Crippen MR) is 79.0 cm³/mol. The van der Waals surface area contributed by atoms with E-state index in [9.17, 15) is 4.79 Å². The van der Waals surface area contributed by atoms with Crippen molar-refractivity contribution in [3.63, 3.8) is 0 Å². The molecule has 0 heterocycles. The van der Waals surface area contributed by atoms with Crippen LogP contribution in [0.3, 0.4) is 0 Å². The molecule has 0 aliphatic heterocycles. The van der Waals surface area contributed by atoms with E-state index in [0.29, 0.717) is 0 Å². The predicted octanol–water partition coefficient (Wildman–Crippen LogP) is 3.31. The highest BCUT2D eigenvalue weighted by Gasteiger charge is 2.21. The number of anilines is 1. The molecular weight excluding hydrogens is 236 g/mol. The van der Waals surface area contributed by atoms with E-state index < -0.39 is 0 Å². The Hall–Kier alpha value is -1.35. The third-order valence-electron chi connectivity index (χ3n) is 3.82. The summed E-state index contributed by atoms with van der Waals surface area (Å²) in [6, 6.07) is 8.06. The average molecular weight is 260 g/mol. The molecule has 0 saturated heterocycles. The zero-order valence-corrected chi connectivity index (χ0v) is 11.7. The normalized spacial score (nSPS) is 16.3. The van der Waals surface area contributed by atoms with Crippen LogP contribution in [-0.4, -0.2) is 12.5 Å². The lowest BCUT2D eigenvalue weighted by Gasteiger charge is -2.21. The highest BCUT2D eigenvalue weighted by atomic mass is 16.1. The zero-order chi connectivity index (χ0) is 13.5. The molecule has 0 aromatic heterocycles. The van der Waals surface area contributed by atoms with Gasteiger partial charge in [0.1, 0.15) is 0 Å². The Bertz CT molecular complexity index is 411. The van der Waals surface area contributed by atoms with Crippen LogP contribution in [0, 0.1) is 5.92 Å². The summed E-state index contributed by atoms with van der Waals surface area (Å²) in [7, 11) is 0. The minimum absolute atomic E-state index is 0.198. The number of amides is 1. The van der Waals surface area contributed by atoms with Gasteiger partial charge in [0.15, 0.2) is 0 Å². The van der Waals surface area contributed by atoms with E-state index in [2.05, 4.69) is 23.6 Å².